The van der Waals surface area contributed by atoms with Gasteiger partial charge >= 0.3 is 7.12 Å². The quantitative estimate of drug-likeness (QED) is 0.484. The average molecular weight is 399 g/mol. The van der Waals surface area contributed by atoms with Crippen molar-refractivity contribution in [1.82, 2.24) is 19.2 Å². The molecule has 0 unspecified atom stereocenters. The van der Waals surface area contributed by atoms with Gasteiger partial charge in [-0.05, 0) is 58.4 Å². The molecule has 5 rings (SSSR count). The largest absolute Gasteiger partial charge is 0.497 e. The van der Waals surface area contributed by atoms with E-state index in [-0.39, 0.29) is 0 Å². The van der Waals surface area contributed by atoms with Crippen LogP contribution < -0.4 is 5.46 Å². The molecule has 0 bridgehead atoms. The normalized spacial score (nSPS) is 17.7. The van der Waals surface area contributed by atoms with Crippen LogP contribution >= 0.6 is 0 Å². The number of benzene rings is 1. The lowest BCUT2D eigenvalue weighted by molar-refractivity contribution is 0.00578. The van der Waals surface area contributed by atoms with Gasteiger partial charge in [0.05, 0.1) is 34.0 Å². The zero-order chi connectivity index (χ0) is 21.3. The van der Waals surface area contributed by atoms with Gasteiger partial charge in [-0.25, -0.2) is 0 Å². The molecule has 0 amide bonds. The van der Waals surface area contributed by atoms with Gasteiger partial charge in [0.2, 0.25) is 0 Å². The number of rotatable bonds is 2. The smallest absolute Gasteiger partial charge is 0.399 e. The van der Waals surface area contributed by atoms with E-state index >= 15 is 0 Å². The topological polar surface area (TPSA) is 77.4 Å². The molecule has 30 heavy (non-hydrogen) atoms. The second kappa shape index (κ2) is 6.18. The maximum absolute atomic E-state index is 9.58. The first-order valence-electron chi connectivity index (χ1n) is 9.91. The third kappa shape index (κ3) is 2.66. The number of pyridine rings is 1. The highest BCUT2D eigenvalue weighted by molar-refractivity contribution is 6.65. The zero-order valence-corrected chi connectivity index (χ0v) is 17.7. The van der Waals surface area contributed by atoms with Gasteiger partial charge in [0.15, 0.2) is 5.65 Å². The monoisotopic (exact) mass is 399 g/mol. The fraction of sp³-hybridized carbons (Fsp3) is 0.318. The molecule has 0 spiro atoms. The molecule has 0 saturated carbocycles. The third-order valence-electron chi connectivity index (χ3n) is 6.37. The molecule has 7 nitrogen and oxygen atoms in total. The zero-order valence-electron chi connectivity index (χ0n) is 17.7. The van der Waals surface area contributed by atoms with Gasteiger partial charge in [0, 0.05) is 29.3 Å². The van der Waals surface area contributed by atoms with Crippen molar-refractivity contribution in [1.29, 1.82) is 5.26 Å². The molecule has 4 aromatic rings. The summed E-state index contributed by atoms with van der Waals surface area (Å²) in [5.41, 5.74) is 4.27. The number of hydrogen-bond acceptors (Lipinski definition) is 5. The van der Waals surface area contributed by atoms with E-state index in [1.165, 1.54) is 0 Å². The van der Waals surface area contributed by atoms with E-state index in [4.69, 9.17) is 9.31 Å². The standard InChI is InChI=1S/C22H22BN5O2/c1-14-8-19-17(9-15(14)11-24)18(23-29-21(2,3)22(4,5)30-23)12-28(19)16-6-7-27-13-25-26-20(27)10-16/h6-10,12-13H,1-5H3. The lowest BCUT2D eigenvalue weighted by Crippen LogP contribution is -2.41. The van der Waals surface area contributed by atoms with Crippen molar-refractivity contribution in [2.24, 2.45) is 0 Å². The molecular formula is C22H22BN5O2. The van der Waals surface area contributed by atoms with Gasteiger partial charge < -0.3 is 13.9 Å². The minimum atomic E-state index is -0.523. The fourth-order valence-electron chi connectivity index (χ4n) is 3.85. The van der Waals surface area contributed by atoms with E-state index in [0.29, 0.717) is 5.56 Å². The SMILES string of the molecule is Cc1cc2c(cc1C#N)c(B1OC(C)(C)C(C)(C)O1)cn2-c1ccn2cnnc2c1. The first-order valence-corrected chi connectivity index (χ1v) is 9.91. The number of hydrogen-bond donors (Lipinski definition) is 0. The van der Waals surface area contributed by atoms with Gasteiger partial charge in [-0.3, -0.25) is 4.40 Å². The highest BCUT2D eigenvalue weighted by Crippen LogP contribution is 2.37. The van der Waals surface area contributed by atoms with Crippen LogP contribution in [-0.2, 0) is 9.31 Å². The molecule has 1 aliphatic heterocycles. The Kier molecular flexibility index (Phi) is 3.88. The Labute approximate surface area is 175 Å². The van der Waals surface area contributed by atoms with Gasteiger partial charge in [0.1, 0.15) is 6.33 Å². The lowest BCUT2D eigenvalue weighted by Gasteiger charge is -2.32. The summed E-state index contributed by atoms with van der Waals surface area (Å²) in [5, 5.41) is 18.6. The highest BCUT2D eigenvalue weighted by Gasteiger charge is 2.52. The minimum absolute atomic E-state index is 0.449. The van der Waals surface area contributed by atoms with Crippen LogP contribution in [0.25, 0.3) is 22.2 Å². The summed E-state index contributed by atoms with van der Waals surface area (Å²) in [6.45, 7) is 10.1. The Balaban J connectivity index is 1.74. The predicted molar refractivity (Wildman–Crippen MR) is 115 cm³/mol. The van der Waals surface area contributed by atoms with Crippen LogP contribution in [0.5, 0.6) is 0 Å². The Morgan fingerprint density at radius 3 is 2.53 bits per heavy atom. The lowest BCUT2D eigenvalue weighted by atomic mass is 9.78. The molecule has 0 atom stereocenters. The predicted octanol–water partition coefficient (Wildman–Crippen LogP) is 3.15. The summed E-state index contributed by atoms with van der Waals surface area (Å²) in [4.78, 5) is 0. The maximum atomic E-state index is 9.58. The van der Waals surface area contributed by atoms with E-state index in [1.807, 2.05) is 75.7 Å². The fourth-order valence-corrected chi connectivity index (χ4v) is 3.85. The van der Waals surface area contributed by atoms with Gasteiger partial charge in [-0.15, -0.1) is 10.2 Å². The number of fused-ring (bicyclic) bond motifs is 2. The van der Waals surface area contributed by atoms with Crippen molar-refractivity contribution in [3.63, 3.8) is 0 Å². The van der Waals surface area contributed by atoms with Crippen molar-refractivity contribution >= 4 is 29.1 Å². The summed E-state index contributed by atoms with van der Waals surface area (Å²) < 4.78 is 16.6. The summed E-state index contributed by atoms with van der Waals surface area (Å²) in [6, 6.07) is 10.3. The Hall–Kier alpha value is -3.15. The van der Waals surface area contributed by atoms with E-state index < -0.39 is 18.3 Å². The van der Waals surface area contributed by atoms with Crippen LogP contribution in [0.2, 0.25) is 0 Å². The summed E-state index contributed by atoms with van der Waals surface area (Å²) in [5.74, 6) is 0. The molecule has 1 fully saturated rings. The van der Waals surface area contributed by atoms with Crippen molar-refractivity contribution < 1.29 is 9.31 Å². The van der Waals surface area contributed by atoms with Gasteiger partial charge in [0.25, 0.3) is 0 Å². The van der Waals surface area contributed by atoms with E-state index in [2.05, 4.69) is 20.8 Å². The molecule has 1 saturated heterocycles. The summed E-state index contributed by atoms with van der Waals surface area (Å²) in [7, 11) is -0.523. The van der Waals surface area contributed by atoms with Crippen LogP contribution in [0.4, 0.5) is 0 Å². The first-order chi connectivity index (χ1) is 14.2. The maximum Gasteiger partial charge on any atom is 0.497 e. The van der Waals surface area contributed by atoms with Crippen molar-refractivity contribution in [2.75, 3.05) is 0 Å². The van der Waals surface area contributed by atoms with Crippen LogP contribution in [0.1, 0.15) is 38.8 Å². The van der Waals surface area contributed by atoms with Crippen LogP contribution in [-0.4, -0.2) is 37.5 Å². The molecule has 0 aliphatic carbocycles. The van der Waals surface area contributed by atoms with Crippen LogP contribution in [0.15, 0.2) is 43.0 Å². The van der Waals surface area contributed by atoms with E-state index in [9.17, 15) is 5.26 Å². The molecule has 1 aromatic carbocycles. The second-order valence-electron chi connectivity index (χ2n) is 8.82. The third-order valence-corrected chi connectivity index (χ3v) is 6.37. The van der Waals surface area contributed by atoms with E-state index in [1.54, 1.807) is 6.33 Å². The number of aryl methyl sites for hydroxylation is 1. The van der Waals surface area contributed by atoms with Gasteiger partial charge in [-0.2, -0.15) is 5.26 Å². The average Bonchev–Trinajstić information content (AvgIpc) is 3.34. The number of nitriles is 1. The number of aromatic nitrogens is 4. The molecule has 1 aliphatic rings. The van der Waals surface area contributed by atoms with Crippen LogP contribution in [0, 0.1) is 18.3 Å². The Bertz CT molecular complexity index is 1330. The van der Waals surface area contributed by atoms with Crippen LogP contribution in [0.3, 0.4) is 0 Å². The summed E-state index contributed by atoms with van der Waals surface area (Å²) >= 11 is 0. The van der Waals surface area contributed by atoms with Crippen molar-refractivity contribution in [2.45, 2.75) is 45.8 Å². The molecule has 4 heterocycles. The minimum Gasteiger partial charge on any atom is -0.399 e. The summed E-state index contributed by atoms with van der Waals surface area (Å²) in [6.07, 6.45) is 5.64. The first kappa shape index (κ1) is 18.9. The van der Waals surface area contributed by atoms with Crippen molar-refractivity contribution in [3.05, 3.63) is 54.1 Å². The highest BCUT2D eigenvalue weighted by atomic mass is 16.7. The molecule has 0 radical (unpaired) electrons. The second-order valence-corrected chi connectivity index (χ2v) is 8.82. The van der Waals surface area contributed by atoms with Crippen molar-refractivity contribution in [3.8, 4) is 11.8 Å². The number of nitrogens with zero attached hydrogens (tertiary/aromatic N) is 5. The van der Waals surface area contributed by atoms with E-state index in [0.717, 1.165) is 33.3 Å². The van der Waals surface area contributed by atoms with Gasteiger partial charge in [-0.1, -0.05) is 0 Å². The molecule has 0 N–H and O–H groups in total. The molecular weight excluding hydrogens is 377 g/mol. The molecule has 3 aromatic heterocycles. The molecule has 8 heteroatoms. The molecule has 150 valence electrons. The Morgan fingerprint density at radius 2 is 1.83 bits per heavy atom. The Morgan fingerprint density at radius 1 is 1.10 bits per heavy atom.